The van der Waals surface area contributed by atoms with Crippen molar-refractivity contribution < 1.29 is 13.9 Å². The van der Waals surface area contributed by atoms with Gasteiger partial charge in [0.1, 0.15) is 5.75 Å². The lowest BCUT2D eigenvalue weighted by atomic mass is 9.97. The van der Waals surface area contributed by atoms with Crippen LogP contribution in [0.1, 0.15) is 84.6 Å². The van der Waals surface area contributed by atoms with Crippen molar-refractivity contribution in [2.45, 2.75) is 110 Å². The van der Waals surface area contributed by atoms with Gasteiger partial charge in [-0.1, -0.05) is 46.8 Å². The first-order chi connectivity index (χ1) is 15.8. The third kappa shape index (κ3) is 7.66. The number of nitrogens with one attached hydrogen (secondary N) is 1. The highest BCUT2D eigenvalue weighted by Gasteiger charge is 2.42. The molecule has 1 aliphatic carbocycles. The zero-order valence-electron chi connectivity index (χ0n) is 23.1. The van der Waals surface area contributed by atoms with Crippen LogP contribution >= 0.6 is 0 Å². The van der Waals surface area contributed by atoms with Gasteiger partial charge in [-0.3, -0.25) is 0 Å². The van der Waals surface area contributed by atoms with Crippen molar-refractivity contribution in [2.24, 2.45) is 11.7 Å². The van der Waals surface area contributed by atoms with Crippen molar-refractivity contribution in [3.05, 3.63) is 42.0 Å². The zero-order valence-corrected chi connectivity index (χ0v) is 24.1. The first-order valence-corrected chi connectivity index (χ1v) is 15.9. The molecule has 0 unspecified atom stereocenters. The van der Waals surface area contributed by atoms with Crippen molar-refractivity contribution in [3.8, 4) is 5.75 Å². The molecule has 3 N–H and O–H groups in total. The monoisotopic (exact) mass is 490 g/mol. The summed E-state index contributed by atoms with van der Waals surface area (Å²) in [6, 6.07) is 6.71. The molecule has 0 saturated heterocycles. The Bertz CT molecular complexity index is 788. The molecule has 1 aliphatic rings. The molecule has 0 saturated carbocycles. The van der Waals surface area contributed by atoms with Crippen LogP contribution in [0.15, 0.2) is 30.9 Å². The van der Waals surface area contributed by atoms with E-state index in [1.54, 1.807) is 0 Å². The Morgan fingerprint density at radius 3 is 2.38 bits per heavy atom. The standard InChI is InChI=1S/C28H50N2O3Si/c1-11-14-31-26-17-24(23-16-21(32-20(4)5)12-13-22(23)26)30-25(15-19(2)3)27(18-29)33-34(9,10)28(6,7)8/h11-13,16,19-20,24-27,30H,1,14-15,17-18,29H2,2-10H3/t24-,25-,26+,27+/m0/s1. The predicted molar refractivity (Wildman–Crippen MR) is 146 cm³/mol. The molecular formula is C28H50N2O3Si. The summed E-state index contributed by atoms with van der Waals surface area (Å²) in [7, 11) is -1.96. The number of fused-ring (bicyclic) bond motifs is 1. The fourth-order valence-electron chi connectivity index (χ4n) is 4.40. The highest BCUT2D eigenvalue weighted by atomic mass is 28.4. The van der Waals surface area contributed by atoms with Crippen LogP contribution in [-0.2, 0) is 9.16 Å². The normalized spacial score (nSPS) is 20.5. The van der Waals surface area contributed by atoms with E-state index in [1.807, 2.05) is 6.08 Å². The van der Waals surface area contributed by atoms with Crippen LogP contribution in [0, 0.1) is 5.92 Å². The molecule has 1 aromatic carbocycles. The van der Waals surface area contributed by atoms with Gasteiger partial charge in [-0.25, -0.2) is 0 Å². The number of nitrogens with two attached hydrogens (primary N) is 1. The summed E-state index contributed by atoms with van der Waals surface area (Å²) in [6.07, 6.45) is 3.83. The lowest BCUT2D eigenvalue weighted by Gasteiger charge is -2.42. The molecule has 0 aromatic heterocycles. The van der Waals surface area contributed by atoms with E-state index in [4.69, 9.17) is 19.6 Å². The summed E-state index contributed by atoms with van der Waals surface area (Å²) in [5, 5.41) is 4.11. The minimum Gasteiger partial charge on any atom is -0.491 e. The van der Waals surface area contributed by atoms with E-state index in [-0.39, 0.29) is 35.4 Å². The van der Waals surface area contributed by atoms with E-state index in [1.165, 1.54) is 11.1 Å². The molecule has 0 bridgehead atoms. The lowest BCUT2D eigenvalue weighted by molar-refractivity contribution is 0.0646. The highest BCUT2D eigenvalue weighted by molar-refractivity contribution is 6.74. The Hall–Kier alpha value is -1.18. The molecule has 0 heterocycles. The summed E-state index contributed by atoms with van der Waals surface area (Å²) < 4.78 is 19.0. The third-order valence-corrected chi connectivity index (χ3v) is 11.6. The first-order valence-electron chi connectivity index (χ1n) is 13.0. The molecule has 194 valence electrons. The van der Waals surface area contributed by atoms with E-state index < -0.39 is 8.32 Å². The Labute approximate surface area is 209 Å². The van der Waals surface area contributed by atoms with E-state index in [2.05, 4.69) is 91.7 Å². The fraction of sp³-hybridized carbons (Fsp3) is 0.714. The minimum absolute atomic E-state index is 0.0324. The second-order valence-corrected chi connectivity index (χ2v) is 16.7. The van der Waals surface area contributed by atoms with Gasteiger partial charge in [0, 0.05) is 18.6 Å². The number of benzene rings is 1. The third-order valence-electron chi connectivity index (χ3n) is 7.09. The molecule has 34 heavy (non-hydrogen) atoms. The smallest absolute Gasteiger partial charge is 0.192 e. The Morgan fingerprint density at radius 1 is 1.18 bits per heavy atom. The van der Waals surface area contributed by atoms with Gasteiger partial charge in [-0.05, 0) is 74.0 Å². The van der Waals surface area contributed by atoms with Crippen LogP contribution in [0.4, 0.5) is 0 Å². The average molecular weight is 491 g/mol. The summed E-state index contributed by atoms with van der Waals surface area (Å²) in [5.41, 5.74) is 8.83. The van der Waals surface area contributed by atoms with E-state index in [0.29, 0.717) is 19.1 Å². The quantitative estimate of drug-likeness (QED) is 0.243. The van der Waals surface area contributed by atoms with Crippen molar-refractivity contribution in [1.82, 2.24) is 5.32 Å². The van der Waals surface area contributed by atoms with Crippen LogP contribution in [0.2, 0.25) is 18.1 Å². The maximum absolute atomic E-state index is 6.86. The summed E-state index contributed by atoms with van der Waals surface area (Å²) in [6.45, 7) is 25.0. The van der Waals surface area contributed by atoms with Gasteiger partial charge >= 0.3 is 0 Å². The van der Waals surface area contributed by atoms with Gasteiger partial charge in [-0.15, -0.1) is 6.58 Å². The van der Waals surface area contributed by atoms with Crippen molar-refractivity contribution in [1.29, 1.82) is 0 Å². The molecule has 2 rings (SSSR count). The van der Waals surface area contributed by atoms with Crippen LogP contribution in [0.5, 0.6) is 5.75 Å². The average Bonchev–Trinajstić information content (AvgIpc) is 3.05. The van der Waals surface area contributed by atoms with E-state index in [9.17, 15) is 0 Å². The second kappa shape index (κ2) is 12.2. The molecule has 0 spiro atoms. The maximum Gasteiger partial charge on any atom is 0.192 e. The number of hydrogen-bond acceptors (Lipinski definition) is 5. The van der Waals surface area contributed by atoms with Crippen LogP contribution < -0.4 is 15.8 Å². The number of rotatable bonds is 13. The Kier molecular flexibility index (Phi) is 10.4. The largest absolute Gasteiger partial charge is 0.491 e. The highest BCUT2D eigenvalue weighted by Crippen LogP contribution is 2.44. The van der Waals surface area contributed by atoms with E-state index in [0.717, 1.165) is 18.6 Å². The van der Waals surface area contributed by atoms with Gasteiger partial charge in [0.15, 0.2) is 8.32 Å². The molecule has 6 heteroatoms. The minimum atomic E-state index is -1.96. The van der Waals surface area contributed by atoms with Gasteiger partial charge in [0.2, 0.25) is 0 Å². The predicted octanol–water partition coefficient (Wildman–Crippen LogP) is 6.52. The van der Waals surface area contributed by atoms with Gasteiger partial charge in [0.05, 0.1) is 24.9 Å². The maximum atomic E-state index is 6.86. The Balaban J connectivity index is 2.35. The van der Waals surface area contributed by atoms with Crippen molar-refractivity contribution >= 4 is 8.32 Å². The first kappa shape index (κ1) is 29.0. The molecule has 0 amide bonds. The summed E-state index contributed by atoms with van der Waals surface area (Å²) >= 11 is 0. The summed E-state index contributed by atoms with van der Waals surface area (Å²) in [4.78, 5) is 0. The van der Waals surface area contributed by atoms with Crippen LogP contribution in [0.3, 0.4) is 0 Å². The molecule has 0 radical (unpaired) electrons. The topological polar surface area (TPSA) is 65.7 Å². The van der Waals surface area contributed by atoms with Crippen LogP contribution in [0.25, 0.3) is 0 Å². The molecular weight excluding hydrogens is 440 g/mol. The van der Waals surface area contributed by atoms with Gasteiger partial charge < -0.3 is 25.0 Å². The van der Waals surface area contributed by atoms with E-state index >= 15 is 0 Å². The zero-order chi connectivity index (χ0) is 25.7. The second-order valence-electron chi connectivity index (χ2n) is 11.9. The lowest BCUT2D eigenvalue weighted by Crippen LogP contribution is -2.54. The number of hydrogen-bond donors (Lipinski definition) is 2. The molecule has 1 aromatic rings. The molecule has 0 fully saturated rings. The summed E-state index contributed by atoms with van der Waals surface area (Å²) in [5.74, 6) is 1.43. The van der Waals surface area contributed by atoms with Crippen molar-refractivity contribution in [2.75, 3.05) is 13.2 Å². The van der Waals surface area contributed by atoms with Crippen LogP contribution in [-0.4, -0.2) is 39.7 Å². The van der Waals surface area contributed by atoms with Gasteiger partial charge in [0.25, 0.3) is 0 Å². The van der Waals surface area contributed by atoms with Gasteiger partial charge in [-0.2, -0.15) is 0 Å². The fourth-order valence-corrected chi connectivity index (χ4v) is 5.78. The van der Waals surface area contributed by atoms with Crippen molar-refractivity contribution in [3.63, 3.8) is 0 Å². The molecule has 5 nitrogen and oxygen atoms in total. The SMILES string of the molecule is C=CCO[C@@H]1C[C@H](N[C@@H](CC(C)C)[C@@H](CN)O[Si](C)(C)C(C)(C)C)c2cc(OC(C)C)ccc21. The number of ether oxygens (including phenoxy) is 2. The Morgan fingerprint density at radius 2 is 1.85 bits per heavy atom. The molecule has 4 atom stereocenters. The molecule has 0 aliphatic heterocycles.